The summed E-state index contributed by atoms with van der Waals surface area (Å²) in [6.07, 6.45) is 0.814. The predicted octanol–water partition coefficient (Wildman–Crippen LogP) is 29.7. The van der Waals surface area contributed by atoms with Crippen LogP contribution in [0.4, 0.5) is 0 Å². The number of benzene rings is 8. The smallest absolute Gasteiger partial charge is 0.369 e. The summed E-state index contributed by atoms with van der Waals surface area (Å²) in [7, 11) is 9.26. The lowest BCUT2D eigenvalue weighted by Crippen LogP contribution is -2.12. The van der Waals surface area contributed by atoms with E-state index in [-0.39, 0.29) is 123 Å². The number of fused-ring (bicyclic) bond motifs is 2. The quantitative estimate of drug-likeness (QED) is 0.00601. The number of thiol groups is 2. The summed E-state index contributed by atoms with van der Waals surface area (Å²) in [6, 6.07) is 44.9. The molecule has 0 bridgehead atoms. The van der Waals surface area contributed by atoms with Gasteiger partial charge in [0, 0.05) is 76.0 Å². The number of halogens is 11. The molecule has 0 saturated heterocycles. The maximum atomic E-state index is 11.6. The number of thioether (sulfide) groups is 2. The van der Waals surface area contributed by atoms with Crippen LogP contribution in [0.2, 0.25) is 30.1 Å². The zero-order valence-corrected chi connectivity index (χ0v) is 86.3. The number of ketones is 2. The van der Waals surface area contributed by atoms with Crippen LogP contribution < -0.4 is 37.9 Å². The fourth-order valence-corrected chi connectivity index (χ4v) is 15.8. The molecule has 21 nitrogen and oxygen atoms in total. The number of thiophene rings is 2. The zero-order valence-electron chi connectivity index (χ0n) is 68.8. The number of hydrogen-bond donors (Lipinski definition) is 3. The second-order valence-electron chi connectivity index (χ2n) is 23.3. The Hall–Kier alpha value is -5.38. The van der Waals surface area contributed by atoms with Crippen LogP contribution in [-0.4, -0.2) is 153 Å². The van der Waals surface area contributed by atoms with Gasteiger partial charge in [0.15, 0.2) is 11.6 Å². The number of carbonyl (C=O) groups excluding carboxylic acids is 6. The molecule has 0 saturated carbocycles. The van der Waals surface area contributed by atoms with Crippen molar-refractivity contribution >= 4 is 285 Å². The lowest BCUT2D eigenvalue weighted by atomic mass is 10.1. The highest BCUT2D eigenvalue weighted by molar-refractivity contribution is 9.69. The van der Waals surface area contributed by atoms with Crippen LogP contribution in [0.15, 0.2) is 176 Å². The standard InChI is InChI=1S/C15H15ClO2S.C13H15ClO4S.2C13H13ClO3S.C8H10OS.C7H6BrClO.C7H7ClOS.C6H9ClO3.CH4O3S.7CH4.BBr3/c1-17-13-5-3-11(4-6-13)10-19-15-8-12(16)7-14(9-15)18-2;1-3-18-13(16)6-10(15)8-19-12-5-9(14)4-11(7-12)17-2;1-3-17-12(15)4-8-7-18-11-6-9(16-2)5-10(14)13(8)11;1-3-17-12(15)4-8-7-18-11-6-9(14)5-10(16-2)13(8)11;1-9-8-4-2-7(6-10)3-5-8;1-10-7-3-5(8)2-6(9)4-7;1-9-6-2-5(8)3-7(10)4-6;1-2-10-6(9)3-5(8)4-7;1-5(2,3)4;;;;;;;;2-1(3)4/h3-9H,10H2,1-2H3;4-5,7H,3,6,8H2,1-2H3;2*5-7H,3-4H2,1-2H3;2-5,10H,6H2,1H3;2-4H,1H3;2-4,10H,1H3;2-4H2,1H3;1H3,(H,2,3,4);7*1H4;. The molecule has 0 aliphatic heterocycles. The molecule has 2 heterocycles. The SMILES string of the molecule is BrB(Br)Br.C.C.C.C.C.C.C.CCOC(=O)CC(=O)CCl.CCOC(=O)CC(=O)CSc1cc(Cl)cc(OC)c1.CCOC(=O)Cc1csc2cc(Cl)cc(OC)c12.CCOC(=O)Cc1csc2cc(OC)cc(Cl)c12.COc1cc(Cl)cc(Br)c1.COc1cc(S)cc(Cl)c1.COc1ccc(CS)cc1.COc1ccc(CSc2cc(Cl)cc(OC)c2)cc1.CS(=O)(=O)O. The number of carbonyl (C=O) groups is 6. The summed E-state index contributed by atoms with van der Waals surface area (Å²) >= 11 is 67.7. The Morgan fingerprint density at radius 2 is 0.785 bits per heavy atom. The van der Waals surface area contributed by atoms with Gasteiger partial charge < -0.3 is 56.8 Å². The zero-order chi connectivity index (χ0) is 92.7. The third kappa shape index (κ3) is 62.3. The van der Waals surface area contributed by atoms with Gasteiger partial charge in [0.05, 0.1) is 119 Å². The molecular formula is C90H120BBr4Cl7O21S7. The van der Waals surface area contributed by atoms with Gasteiger partial charge in [-0.3, -0.25) is 33.3 Å². The first kappa shape index (κ1) is 138. The number of Topliss-reactive ketones (excluding diaryl/α,β-unsaturated/α-hetero) is 2. The number of ether oxygens (including phenoxy) is 12. The molecule has 10 aromatic rings. The van der Waals surface area contributed by atoms with E-state index in [0.29, 0.717) is 67.7 Å². The molecule has 0 unspecified atom stereocenters. The minimum absolute atomic E-state index is 0. The molecule has 0 radical (unpaired) electrons. The Morgan fingerprint density at radius 1 is 0.438 bits per heavy atom. The van der Waals surface area contributed by atoms with E-state index in [1.165, 1.54) is 22.9 Å². The number of esters is 4. The Morgan fingerprint density at radius 3 is 1.17 bits per heavy atom. The van der Waals surface area contributed by atoms with E-state index in [1.807, 2.05) is 83.6 Å². The van der Waals surface area contributed by atoms with Crippen molar-refractivity contribution in [2.75, 3.05) is 101 Å². The normalized spacial score (nSPS) is 9.44. The van der Waals surface area contributed by atoms with E-state index in [0.717, 1.165) is 96.5 Å². The van der Waals surface area contributed by atoms with Crippen LogP contribution in [0.25, 0.3) is 20.2 Å². The van der Waals surface area contributed by atoms with Crippen molar-refractivity contribution in [2.45, 2.75) is 132 Å². The lowest BCUT2D eigenvalue weighted by molar-refractivity contribution is -0.146. The third-order valence-electron chi connectivity index (χ3n) is 14.2. The van der Waals surface area contributed by atoms with Gasteiger partial charge in [0.2, 0.25) is 0 Å². The van der Waals surface area contributed by atoms with Gasteiger partial charge in [-0.25, -0.2) is 0 Å². The molecule has 40 heteroatoms. The topological polar surface area (TPSA) is 268 Å². The van der Waals surface area contributed by atoms with E-state index >= 15 is 0 Å². The number of alkyl halides is 1. The van der Waals surface area contributed by atoms with Crippen LogP contribution in [0.3, 0.4) is 0 Å². The molecular weight excluding hydrogens is 2220 g/mol. The van der Waals surface area contributed by atoms with E-state index < -0.39 is 22.1 Å². The van der Waals surface area contributed by atoms with Crippen LogP contribution in [0.5, 0.6) is 46.0 Å². The number of hydrogen-bond acceptors (Lipinski definition) is 26. The summed E-state index contributed by atoms with van der Waals surface area (Å²) < 4.78 is 89.0. The summed E-state index contributed by atoms with van der Waals surface area (Å²) in [6.45, 7) is 8.34. The van der Waals surface area contributed by atoms with E-state index in [2.05, 4.69) is 105 Å². The van der Waals surface area contributed by atoms with Gasteiger partial charge in [-0.2, -0.15) is 21.0 Å². The van der Waals surface area contributed by atoms with Crippen LogP contribution >= 0.6 is 216 Å². The van der Waals surface area contributed by atoms with Gasteiger partial charge in [0.25, 0.3) is 10.1 Å². The molecule has 0 atom stereocenters. The molecule has 0 amide bonds. The Kier molecular flexibility index (Phi) is 83.4. The first-order valence-electron chi connectivity index (χ1n) is 35.7. The van der Waals surface area contributed by atoms with Crippen molar-refractivity contribution in [1.29, 1.82) is 0 Å². The molecule has 0 spiro atoms. The predicted molar refractivity (Wildman–Crippen MR) is 574 cm³/mol. The number of methoxy groups -OCH3 is 8. The lowest BCUT2D eigenvalue weighted by Gasteiger charge is -2.06. The van der Waals surface area contributed by atoms with Gasteiger partial charge in [0.1, 0.15) is 58.8 Å². The average Bonchev–Trinajstić information content (AvgIpc) is 1.65. The van der Waals surface area contributed by atoms with Crippen molar-refractivity contribution in [3.8, 4) is 46.0 Å². The Bertz CT molecular complexity index is 4870. The van der Waals surface area contributed by atoms with Crippen LogP contribution in [-0.2, 0) is 82.2 Å². The number of rotatable bonds is 28. The van der Waals surface area contributed by atoms with Crippen molar-refractivity contribution in [3.05, 3.63) is 213 Å². The van der Waals surface area contributed by atoms with Gasteiger partial charge in [-0.15, -0.1) is 118 Å². The maximum absolute atomic E-state index is 11.6. The maximum Gasteiger partial charge on any atom is 0.369 e. The molecule has 10 rings (SSSR count). The van der Waals surface area contributed by atoms with Crippen molar-refractivity contribution < 1.29 is 98.6 Å². The van der Waals surface area contributed by atoms with Crippen molar-refractivity contribution in [1.82, 2.24) is 0 Å². The van der Waals surface area contributed by atoms with E-state index in [4.69, 9.17) is 138 Å². The molecule has 8 aromatic carbocycles. The molecule has 0 fully saturated rings. The molecule has 728 valence electrons. The Labute approximate surface area is 866 Å². The van der Waals surface area contributed by atoms with Gasteiger partial charge >= 0.3 is 27.1 Å². The van der Waals surface area contributed by atoms with Crippen molar-refractivity contribution in [3.63, 3.8) is 0 Å². The molecule has 0 aliphatic carbocycles. The third-order valence-corrected chi connectivity index (χ3v) is 21.0. The first-order chi connectivity index (χ1) is 58.3. The molecule has 2 aromatic heterocycles. The average molecular weight is 2340 g/mol. The first-order valence-corrected chi connectivity index (χ1v) is 48.7. The van der Waals surface area contributed by atoms with Gasteiger partial charge in [-0.1, -0.05) is 162 Å². The highest BCUT2D eigenvalue weighted by atomic mass is 79.9. The van der Waals surface area contributed by atoms with E-state index in [1.54, 1.807) is 180 Å². The van der Waals surface area contributed by atoms with Crippen molar-refractivity contribution in [2.24, 2.45) is 0 Å². The summed E-state index contributed by atoms with van der Waals surface area (Å²) in [5.74, 6) is 5.89. The molecule has 130 heavy (non-hydrogen) atoms. The second-order valence-corrected chi connectivity index (χ2v) is 39.8. The van der Waals surface area contributed by atoms with Crippen LogP contribution in [0, 0.1) is 0 Å². The summed E-state index contributed by atoms with van der Waals surface area (Å²) in [5, 5.41) is 9.52. The highest BCUT2D eigenvalue weighted by Crippen LogP contribution is 2.39. The highest BCUT2D eigenvalue weighted by Gasteiger charge is 2.18. The summed E-state index contributed by atoms with van der Waals surface area (Å²) in [5.41, 5.74) is 4.27. The van der Waals surface area contributed by atoms with Gasteiger partial charge in [-0.05, 0) is 182 Å². The molecule has 1 N–H and O–H groups in total. The minimum atomic E-state index is -3.67. The Balaban J connectivity index is -0.000000264. The minimum Gasteiger partial charge on any atom is -0.497 e. The van der Waals surface area contributed by atoms with Crippen LogP contribution in [0.1, 0.15) is 115 Å². The molecule has 0 aliphatic rings. The second kappa shape index (κ2) is 78.8. The van der Waals surface area contributed by atoms with E-state index in [9.17, 15) is 37.2 Å². The monoisotopic (exact) mass is 2330 g/mol. The fraction of sp³-hybridized carbons (Fsp3) is 0.356. The largest absolute Gasteiger partial charge is 0.497 e. The fourth-order valence-electron chi connectivity index (χ4n) is 9.01. The summed E-state index contributed by atoms with van der Waals surface area (Å²) in [4.78, 5) is 69.4.